The number of primary sulfonamides is 1. The molecule has 1 aromatic heterocycles. The molecule has 2 heterocycles. The van der Waals surface area contributed by atoms with Gasteiger partial charge in [-0.15, -0.1) is 0 Å². The van der Waals surface area contributed by atoms with Crippen LogP contribution < -0.4 is 10.5 Å². The van der Waals surface area contributed by atoms with Gasteiger partial charge in [-0.2, -0.15) is 0 Å². The van der Waals surface area contributed by atoms with Gasteiger partial charge in [0.05, 0.1) is 20.0 Å². The molecule has 1 saturated heterocycles. The van der Waals surface area contributed by atoms with E-state index in [4.69, 9.17) is 5.14 Å². The van der Waals surface area contributed by atoms with Gasteiger partial charge in [0.1, 0.15) is 5.69 Å². The number of hydrogen-bond donors (Lipinski definition) is 2. The molecule has 1 aliphatic rings. The van der Waals surface area contributed by atoms with Crippen LogP contribution in [0.15, 0.2) is 41.3 Å². The number of aromatic nitrogens is 1. The normalized spacial score (nSPS) is 15.1. The number of anilines is 2. The second-order valence-electron chi connectivity index (χ2n) is 7.40. The molecular formula is C19H20N6O5S2. The molecular weight excluding hydrogens is 456 g/mol. The van der Waals surface area contributed by atoms with E-state index in [9.17, 15) is 23.3 Å². The third-order valence-corrected chi connectivity index (χ3v) is 7.01. The highest BCUT2D eigenvalue weighted by Gasteiger charge is 2.22. The van der Waals surface area contributed by atoms with E-state index in [1.165, 1.54) is 23.5 Å². The Balaban J connectivity index is 1.60. The van der Waals surface area contributed by atoms with Crippen molar-refractivity contribution >= 4 is 54.0 Å². The number of carbonyl (C=O) groups is 1. The predicted molar refractivity (Wildman–Crippen MR) is 121 cm³/mol. The number of hydrogen-bond acceptors (Lipinski definition) is 9. The molecule has 3 aromatic rings. The number of amides is 1. The van der Waals surface area contributed by atoms with Crippen LogP contribution in [0.1, 0.15) is 10.4 Å². The number of sulfonamides is 1. The van der Waals surface area contributed by atoms with E-state index in [0.29, 0.717) is 29.3 Å². The van der Waals surface area contributed by atoms with Crippen LogP contribution in [0.3, 0.4) is 0 Å². The van der Waals surface area contributed by atoms with Crippen molar-refractivity contribution in [3.63, 3.8) is 0 Å². The minimum absolute atomic E-state index is 0.0443. The number of nitrogens with one attached hydrogen (secondary N) is 1. The highest BCUT2D eigenvalue weighted by molar-refractivity contribution is 7.89. The van der Waals surface area contributed by atoms with Gasteiger partial charge in [-0.05, 0) is 37.4 Å². The van der Waals surface area contributed by atoms with E-state index in [1.54, 1.807) is 18.2 Å². The monoisotopic (exact) mass is 476 g/mol. The van der Waals surface area contributed by atoms with Gasteiger partial charge >= 0.3 is 0 Å². The number of nitro groups is 1. The molecule has 0 atom stereocenters. The zero-order valence-electron chi connectivity index (χ0n) is 17.0. The van der Waals surface area contributed by atoms with Gasteiger partial charge in [0.15, 0.2) is 5.13 Å². The van der Waals surface area contributed by atoms with Crippen LogP contribution in [-0.4, -0.2) is 67.3 Å². The average Bonchev–Trinajstić information content (AvgIpc) is 3.14. The molecule has 0 spiro atoms. The number of nitrogens with zero attached hydrogens (tertiary/aromatic N) is 4. The Kier molecular flexibility index (Phi) is 5.81. The Morgan fingerprint density at radius 1 is 1.19 bits per heavy atom. The van der Waals surface area contributed by atoms with E-state index >= 15 is 0 Å². The molecule has 0 radical (unpaired) electrons. The lowest BCUT2D eigenvalue weighted by atomic mass is 10.1. The number of carbonyl (C=O) groups excluding carboxylic acids is 1. The van der Waals surface area contributed by atoms with Crippen LogP contribution in [0.4, 0.5) is 16.5 Å². The van der Waals surface area contributed by atoms with Gasteiger partial charge in [0.2, 0.25) is 10.0 Å². The zero-order valence-corrected chi connectivity index (χ0v) is 18.6. The number of rotatable bonds is 5. The van der Waals surface area contributed by atoms with E-state index in [2.05, 4.69) is 15.2 Å². The van der Waals surface area contributed by atoms with Gasteiger partial charge in [0.25, 0.3) is 11.6 Å². The molecule has 0 aliphatic carbocycles. The molecule has 13 heteroatoms. The number of benzene rings is 2. The Morgan fingerprint density at radius 2 is 1.91 bits per heavy atom. The summed E-state index contributed by atoms with van der Waals surface area (Å²) in [5, 5.41) is 19.7. The van der Waals surface area contributed by atoms with Gasteiger partial charge in [0, 0.05) is 37.8 Å². The standard InChI is InChI=1S/C19H20N6O5S2/c1-23-6-8-24(9-7-23)18(26)12-2-4-15-17(10-12)31-19(22-15)21-14-5-3-13(32(20,29)30)11-16(14)25(27)28/h2-5,10-11H,6-9H2,1H3,(H,21,22)(H2,20,29,30). The van der Waals surface area contributed by atoms with Crippen LogP contribution >= 0.6 is 11.3 Å². The van der Waals surface area contributed by atoms with Crippen molar-refractivity contribution in [2.24, 2.45) is 5.14 Å². The van der Waals surface area contributed by atoms with E-state index in [0.717, 1.165) is 23.9 Å². The lowest BCUT2D eigenvalue weighted by Crippen LogP contribution is -2.47. The summed E-state index contributed by atoms with van der Waals surface area (Å²) in [5.74, 6) is -0.0443. The molecule has 1 fully saturated rings. The van der Waals surface area contributed by atoms with Crippen molar-refractivity contribution in [3.05, 3.63) is 52.1 Å². The first-order valence-corrected chi connectivity index (χ1v) is 11.9. The fraction of sp³-hybridized carbons (Fsp3) is 0.263. The number of thiazole rings is 1. The van der Waals surface area contributed by atoms with Crippen molar-refractivity contribution < 1.29 is 18.1 Å². The number of fused-ring (bicyclic) bond motifs is 1. The number of piperazine rings is 1. The van der Waals surface area contributed by atoms with E-state index < -0.39 is 20.6 Å². The minimum Gasteiger partial charge on any atom is -0.336 e. The summed E-state index contributed by atoms with van der Waals surface area (Å²) in [6, 6.07) is 8.57. The maximum Gasteiger partial charge on any atom is 0.294 e. The summed E-state index contributed by atoms with van der Waals surface area (Å²) in [7, 11) is -2.06. The lowest BCUT2D eigenvalue weighted by molar-refractivity contribution is -0.384. The van der Waals surface area contributed by atoms with Gasteiger partial charge in [-0.1, -0.05) is 11.3 Å². The van der Waals surface area contributed by atoms with Gasteiger partial charge in [-0.3, -0.25) is 14.9 Å². The molecule has 3 N–H and O–H groups in total. The van der Waals surface area contributed by atoms with Gasteiger partial charge in [-0.25, -0.2) is 18.5 Å². The average molecular weight is 477 g/mol. The predicted octanol–water partition coefficient (Wildman–Crippen LogP) is 1.98. The van der Waals surface area contributed by atoms with Crippen LogP contribution in [0.25, 0.3) is 10.2 Å². The second kappa shape index (κ2) is 8.43. The van der Waals surface area contributed by atoms with E-state index in [1.807, 2.05) is 11.9 Å². The van der Waals surface area contributed by atoms with Crippen LogP contribution in [0.5, 0.6) is 0 Å². The molecule has 0 unspecified atom stereocenters. The Hall–Kier alpha value is -3.13. The van der Waals surface area contributed by atoms with Crippen LogP contribution in [0.2, 0.25) is 0 Å². The summed E-state index contributed by atoms with van der Waals surface area (Å²) in [5.41, 5.74) is 0.828. The first-order chi connectivity index (χ1) is 15.1. The number of likely N-dealkylation sites (N-methyl/N-ethyl adjacent to an activating group) is 1. The quantitative estimate of drug-likeness (QED) is 0.419. The summed E-state index contributed by atoms with van der Waals surface area (Å²) >= 11 is 1.23. The molecule has 0 bridgehead atoms. The summed E-state index contributed by atoms with van der Waals surface area (Å²) < 4.78 is 23.8. The minimum atomic E-state index is -4.08. The summed E-state index contributed by atoms with van der Waals surface area (Å²) in [6.07, 6.45) is 0. The molecule has 0 saturated carbocycles. The molecule has 1 amide bonds. The van der Waals surface area contributed by atoms with Crippen molar-refractivity contribution in [3.8, 4) is 0 Å². The maximum atomic E-state index is 12.8. The Morgan fingerprint density at radius 3 is 2.56 bits per heavy atom. The Labute approximate surface area is 187 Å². The first kappa shape index (κ1) is 22.1. The first-order valence-electron chi connectivity index (χ1n) is 9.58. The fourth-order valence-electron chi connectivity index (χ4n) is 3.36. The third kappa shape index (κ3) is 4.55. The third-order valence-electron chi connectivity index (χ3n) is 5.16. The second-order valence-corrected chi connectivity index (χ2v) is 10.00. The summed E-state index contributed by atoms with van der Waals surface area (Å²) in [6.45, 7) is 2.99. The molecule has 32 heavy (non-hydrogen) atoms. The highest BCUT2D eigenvalue weighted by Crippen LogP contribution is 2.34. The number of nitro benzene ring substituents is 1. The molecule has 168 valence electrons. The highest BCUT2D eigenvalue weighted by atomic mass is 32.2. The van der Waals surface area contributed by atoms with Crippen molar-refractivity contribution in [1.29, 1.82) is 0 Å². The van der Waals surface area contributed by atoms with E-state index in [-0.39, 0.29) is 16.5 Å². The Bertz CT molecular complexity index is 1310. The maximum absolute atomic E-state index is 12.8. The largest absolute Gasteiger partial charge is 0.336 e. The van der Waals surface area contributed by atoms with Crippen molar-refractivity contribution in [1.82, 2.24) is 14.8 Å². The molecule has 2 aromatic carbocycles. The topological polar surface area (TPSA) is 152 Å². The van der Waals surface area contributed by atoms with Crippen molar-refractivity contribution in [2.45, 2.75) is 4.90 Å². The zero-order chi connectivity index (χ0) is 23.0. The fourth-order valence-corrected chi connectivity index (χ4v) is 4.81. The molecule has 4 rings (SSSR count). The smallest absolute Gasteiger partial charge is 0.294 e. The van der Waals surface area contributed by atoms with Crippen LogP contribution in [-0.2, 0) is 10.0 Å². The van der Waals surface area contributed by atoms with Gasteiger partial charge < -0.3 is 15.1 Å². The molecule has 11 nitrogen and oxygen atoms in total. The summed E-state index contributed by atoms with van der Waals surface area (Å²) in [4.78, 5) is 31.6. The molecule has 1 aliphatic heterocycles. The number of nitrogens with two attached hydrogens (primary N) is 1. The lowest BCUT2D eigenvalue weighted by Gasteiger charge is -2.32. The SMILES string of the molecule is CN1CCN(C(=O)c2ccc3nc(Nc4ccc(S(N)(=O)=O)cc4[N+](=O)[O-])sc3c2)CC1. The van der Waals surface area contributed by atoms with Crippen LogP contribution in [0, 0.1) is 10.1 Å². The van der Waals surface area contributed by atoms with Crippen molar-refractivity contribution in [2.75, 3.05) is 38.5 Å².